The van der Waals surface area contributed by atoms with Gasteiger partial charge in [0, 0.05) is 12.6 Å². The molecule has 19 heavy (non-hydrogen) atoms. The van der Waals surface area contributed by atoms with Crippen molar-refractivity contribution < 1.29 is 9.47 Å². The highest BCUT2D eigenvalue weighted by Crippen LogP contribution is 2.30. The van der Waals surface area contributed by atoms with Gasteiger partial charge in [-0.2, -0.15) is 5.26 Å². The van der Waals surface area contributed by atoms with Gasteiger partial charge in [-0.15, -0.1) is 0 Å². The number of hydrogen-bond donors (Lipinski definition) is 1. The molecule has 0 radical (unpaired) electrons. The lowest BCUT2D eigenvalue weighted by atomic mass is 10.0. The molecule has 0 aliphatic rings. The van der Waals surface area contributed by atoms with Crippen LogP contribution in [-0.4, -0.2) is 20.8 Å². The van der Waals surface area contributed by atoms with E-state index in [9.17, 15) is 0 Å². The zero-order chi connectivity index (χ0) is 14.3. The van der Waals surface area contributed by atoms with Crippen LogP contribution in [0, 0.1) is 17.2 Å². The Hall–Kier alpha value is -1.73. The average molecular weight is 262 g/mol. The van der Waals surface area contributed by atoms with E-state index in [0.29, 0.717) is 6.54 Å². The SMILES string of the molecule is CCC(NCC(C)C#N)c1ccc(OC)c(OC)c1. The third-order valence-electron chi connectivity index (χ3n) is 3.11. The maximum Gasteiger partial charge on any atom is 0.161 e. The second kappa shape index (κ2) is 7.65. The van der Waals surface area contributed by atoms with Gasteiger partial charge in [0.25, 0.3) is 0 Å². The molecular weight excluding hydrogens is 240 g/mol. The Kier molecular flexibility index (Phi) is 6.17. The van der Waals surface area contributed by atoms with Crippen molar-refractivity contribution in [3.05, 3.63) is 23.8 Å². The summed E-state index contributed by atoms with van der Waals surface area (Å²) in [5, 5.41) is 12.2. The van der Waals surface area contributed by atoms with E-state index >= 15 is 0 Å². The van der Waals surface area contributed by atoms with Crippen LogP contribution in [0.5, 0.6) is 11.5 Å². The molecule has 2 unspecified atom stereocenters. The van der Waals surface area contributed by atoms with E-state index in [-0.39, 0.29) is 12.0 Å². The minimum absolute atomic E-state index is 0.00851. The molecule has 0 heterocycles. The fraction of sp³-hybridized carbons (Fsp3) is 0.533. The molecule has 0 saturated heterocycles. The molecule has 0 aliphatic carbocycles. The minimum Gasteiger partial charge on any atom is -0.493 e. The van der Waals surface area contributed by atoms with Crippen LogP contribution in [0.4, 0.5) is 0 Å². The largest absolute Gasteiger partial charge is 0.493 e. The first-order valence-electron chi connectivity index (χ1n) is 6.51. The second-order valence-corrected chi connectivity index (χ2v) is 4.51. The zero-order valence-electron chi connectivity index (χ0n) is 12.1. The summed E-state index contributed by atoms with van der Waals surface area (Å²) in [4.78, 5) is 0. The average Bonchev–Trinajstić information content (AvgIpc) is 2.47. The van der Waals surface area contributed by atoms with Crippen molar-refractivity contribution in [2.45, 2.75) is 26.3 Å². The summed E-state index contributed by atoms with van der Waals surface area (Å²) in [5.74, 6) is 1.47. The molecule has 0 fully saturated rings. The fourth-order valence-electron chi connectivity index (χ4n) is 1.93. The van der Waals surface area contributed by atoms with Gasteiger partial charge >= 0.3 is 0 Å². The van der Waals surface area contributed by atoms with Crippen LogP contribution in [0.25, 0.3) is 0 Å². The first-order chi connectivity index (χ1) is 9.15. The van der Waals surface area contributed by atoms with Crippen molar-refractivity contribution >= 4 is 0 Å². The third kappa shape index (κ3) is 4.15. The summed E-state index contributed by atoms with van der Waals surface area (Å²) >= 11 is 0. The summed E-state index contributed by atoms with van der Waals surface area (Å²) in [6, 6.07) is 8.37. The number of benzene rings is 1. The fourth-order valence-corrected chi connectivity index (χ4v) is 1.93. The lowest BCUT2D eigenvalue weighted by Crippen LogP contribution is -2.25. The third-order valence-corrected chi connectivity index (χ3v) is 3.11. The summed E-state index contributed by atoms with van der Waals surface area (Å²) in [5.41, 5.74) is 1.14. The quantitative estimate of drug-likeness (QED) is 0.821. The molecule has 2 atom stereocenters. The number of rotatable bonds is 7. The summed E-state index contributed by atoms with van der Waals surface area (Å²) < 4.78 is 10.5. The van der Waals surface area contributed by atoms with Crippen LogP contribution >= 0.6 is 0 Å². The Labute approximate surface area is 115 Å². The second-order valence-electron chi connectivity index (χ2n) is 4.51. The van der Waals surface area contributed by atoms with Crippen molar-refractivity contribution in [2.75, 3.05) is 20.8 Å². The highest BCUT2D eigenvalue weighted by atomic mass is 16.5. The maximum absolute atomic E-state index is 8.81. The topological polar surface area (TPSA) is 54.3 Å². The Morgan fingerprint density at radius 1 is 1.26 bits per heavy atom. The highest BCUT2D eigenvalue weighted by molar-refractivity contribution is 5.43. The van der Waals surface area contributed by atoms with Gasteiger partial charge in [0.15, 0.2) is 11.5 Å². The van der Waals surface area contributed by atoms with Crippen molar-refractivity contribution in [2.24, 2.45) is 5.92 Å². The van der Waals surface area contributed by atoms with Crippen LogP contribution in [0.15, 0.2) is 18.2 Å². The molecule has 1 rings (SSSR count). The molecule has 1 N–H and O–H groups in total. The Balaban J connectivity index is 2.84. The van der Waals surface area contributed by atoms with Crippen LogP contribution in [0.1, 0.15) is 31.9 Å². The molecule has 0 aromatic heterocycles. The van der Waals surface area contributed by atoms with E-state index < -0.39 is 0 Å². The van der Waals surface area contributed by atoms with Crippen LogP contribution in [-0.2, 0) is 0 Å². The van der Waals surface area contributed by atoms with Crippen molar-refractivity contribution in [1.82, 2.24) is 5.32 Å². The molecule has 1 aromatic rings. The molecule has 1 aromatic carbocycles. The van der Waals surface area contributed by atoms with Gasteiger partial charge in [0.05, 0.1) is 26.2 Å². The van der Waals surface area contributed by atoms with Gasteiger partial charge in [0.2, 0.25) is 0 Å². The lowest BCUT2D eigenvalue weighted by molar-refractivity contribution is 0.353. The molecule has 104 valence electrons. The number of nitrogens with zero attached hydrogens (tertiary/aromatic N) is 1. The van der Waals surface area contributed by atoms with Crippen molar-refractivity contribution in [3.63, 3.8) is 0 Å². The maximum atomic E-state index is 8.81. The monoisotopic (exact) mass is 262 g/mol. The number of hydrogen-bond acceptors (Lipinski definition) is 4. The molecule has 0 amide bonds. The number of ether oxygens (including phenoxy) is 2. The van der Waals surface area contributed by atoms with Crippen molar-refractivity contribution in [1.29, 1.82) is 5.26 Å². The Morgan fingerprint density at radius 3 is 2.47 bits per heavy atom. The van der Waals surface area contributed by atoms with Crippen LogP contribution in [0.2, 0.25) is 0 Å². The Bertz CT molecular complexity index is 440. The molecule has 0 spiro atoms. The molecule has 0 saturated carbocycles. The first-order valence-corrected chi connectivity index (χ1v) is 6.51. The minimum atomic E-state index is 0.00851. The normalized spacial score (nSPS) is 13.4. The standard InChI is InChI=1S/C15H22N2O2/c1-5-13(17-10-11(2)9-16)12-6-7-14(18-3)15(8-12)19-4/h6-8,11,13,17H,5,10H2,1-4H3. The predicted molar refractivity (Wildman–Crippen MR) is 75.4 cm³/mol. The molecule has 4 heteroatoms. The predicted octanol–water partition coefficient (Wildman–Crippen LogP) is 2.90. The van der Waals surface area contributed by atoms with Crippen LogP contribution < -0.4 is 14.8 Å². The summed E-state index contributed by atoms with van der Waals surface area (Å²) in [6.07, 6.45) is 0.952. The smallest absolute Gasteiger partial charge is 0.161 e. The van der Waals surface area contributed by atoms with Gasteiger partial charge in [-0.05, 0) is 31.0 Å². The van der Waals surface area contributed by atoms with Gasteiger partial charge in [0.1, 0.15) is 0 Å². The number of nitrogens with one attached hydrogen (secondary N) is 1. The van der Waals surface area contributed by atoms with E-state index in [1.165, 1.54) is 0 Å². The molecule has 0 bridgehead atoms. The van der Waals surface area contributed by atoms with Gasteiger partial charge in [-0.3, -0.25) is 0 Å². The summed E-state index contributed by atoms with van der Waals surface area (Å²) in [7, 11) is 3.26. The van der Waals surface area contributed by atoms with E-state index in [1.807, 2.05) is 25.1 Å². The van der Waals surface area contributed by atoms with E-state index in [1.54, 1.807) is 14.2 Å². The van der Waals surface area contributed by atoms with Gasteiger partial charge in [-0.1, -0.05) is 13.0 Å². The lowest BCUT2D eigenvalue weighted by Gasteiger charge is -2.19. The summed E-state index contributed by atoms with van der Waals surface area (Å²) in [6.45, 7) is 4.71. The van der Waals surface area contributed by atoms with Gasteiger partial charge < -0.3 is 14.8 Å². The molecular formula is C15H22N2O2. The molecule has 0 aliphatic heterocycles. The number of nitriles is 1. The molecule has 4 nitrogen and oxygen atoms in total. The Morgan fingerprint density at radius 2 is 1.95 bits per heavy atom. The van der Waals surface area contributed by atoms with E-state index in [4.69, 9.17) is 14.7 Å². The van der Waals surface area contributed by atoms with Crippen LogP contribution in [0.3, 0.4) is 0 Å². The van der Waals surface area contributed by atoms with E-state index in [0.717, 1.165) is 23.5 Å². The number of methoxy groups -OCH3 is 2. The zero-order valence-corrected chi connectivity index (χ0v) is 12.1. The first kappa shape index (κ1) is 15.3. The van der Waals surface area contributed by atoms with Crippen molar-refractivity contribution in [3.8, 4) is 17.6 Å². The van der Waals surface area contributed by atoms with Gasteiger partial charge in [-0.25, -0.2) is 0 Å². The van der Waals surface area contributed by atoms with E-state index in [2.05, 4.69) is 18.3 Å². The highest BCUT2D eigenvalue weighted by Gasteiger charge is 2.13.